The molecule has 2 aliphatic rings. The van der Waals surface area contributed by atoms with Crippen molar-refractivity contribution in [3.63, 3.8) is 0 Å². The van der Waals surface area contributed by atoms with E-state index in [4.69, 9.17) is 11.5 Å². The summed E-state index contributed by atoms with van der Waals surface area (Å²) in [5.41, 5.74) is 12.1. The minimum atomic E-state index is -3.39. The van der Waals surface area contributed by atoms with Gasteiger partial charge in [-0.1, -0.05) is 0 Å². The van der Waals surface area contributed by atoms with E-state index >= 15 is 0 Å². The summed E-state index contributed by atoms with van der Waals surface area (Å²) in [5, 5.41) is 10.4. The van der Waals surface area contributed by atoms with Crippen molar-refractivity contribution in [1.82, 2.24) is 24.5 Å². The molecule has 0 spiro atoms. The number of piperidine rings is 1. The number of nitrogens with two attached hydrogens (primary N) is 2. The lowest BCUT2D eigenvalue weighted by Gasteiger charge is -2.46. The largest absolute Gasteiger partial charge is 0.385 e. The lowest BCUT2D eigenvalue weighted by Crippen LogP contribution is -2.64. The molecule has 1 aliphatic heterocycles. The number of rotatable bonds is 4. The van der Waals surface area contributed by atoms with Gasteiger partial charge in [0.15, 0.2) is 23.1 Å². The molecule has 1 aromatic carbocycles. The number of nitrogen functional groups attached to an aromatic ring is 1. The van der Waals surface area contributed by atoms with Gasteiger partial charge in [0.25, 0.3) is 5.92 Å². The standard InChI is InChI=1S/C25H23F5N8O/c26-14-6-16(28)15(27)5-13(14)17-4-12(9-37-11-36-20-21(31)34-10-35-22(20)37)18(8-33-17)38-3-1-2-24(32)19(38)7-25(29,30)23(24)39/h4-6,8,10-11,19,23,39H,1-3,7,9,32H2,(H2,31,34,35)/t19?,23-,24-/m1/s1. The summed E-state index contributed by atoms with van der Waals surface area (Å²) in [7, 11) is 0. The molecule has 3 aromatic heterocycles. The molecule has 1 unspecified atom stereocenters. The summed E-state index contributed by atoms with van der Waals surface area (Å²) in [6.07, 6.45) is 2.03. The van der Waals surface area contributed by atoms with Crippen molar-refractivity contribution in [3.05, 3.63) is 60.1 Å². The van der Waals surface area contributed by atoms with Gasteiger partial charge in [0.1, 0.15) is 23.8 Å². The Morgan fingerprint density at radius 2 is 1.79 bits per heavy atom. The predicted octanol–water partition coefficient (Wildman–Crippen LogP) is 3.00. The SMILES string of the molecule is Nc1ncnc2c1ncn2Cc1cc(-c2cc(F)c(F)cc2F)ncc1N1CCC[C@@]2(N)C1CC(F)(F)[C@@H]2O. The number of aliphatic hydroxyl groups excluding tert-OH is 1. The average molecular weight is 547 g/mol. The van der Waals surface area contributed by atoms with Gasteiger partial charge >= 0.3 is 0 Å². The molecule has 1 saturated carbocycles. The number of alkyl halides is 2. The number of pyridine rings is 1. The smallest absolute Gasteiger partial charge is 0.277 e. The summed E-state index contributed by atoms with van der Waals surface area (Å²) in [5.74, 6) is -6.85. The zero-order valence-electron chi connectivity index (χ0n) is 20.3. The maximum atomic E-state index is 14.7. The molecule has 0 amide bonds. The van der Waals surface area contributed by atoms with E-state index in [2.05, 4.69) is 19.9 Å². The zero-order valence-corrected chi connectivity index (χ0v) is 20.3. The molecule has 2 fully saturated rings. The van der Waals surface area contributed by atoms with Crippen molar-refractivity contribution < 1.29 is 27.1 Å². The summed E-state index contributed by atoms with van der Waals surface area (Å²) in [6.45, 7) is 0.405. The molecule has 0 radical (unpaired) electrons. The van der Waals surface area contributed by atoms with Gasteiger partial charge in [0.05, 0.1) is 42.0 Å². The van der Waals surface area contributed by atoms with Crippen LogP contribution in [0.1, 0.15) is 24.8 Å². The lowest BCUT2D eigenvalue weighted by molar-refractivity contribution is -0.104. The third-order valence-corrected chi connectivity index (χ3v) is 7.71. The highest BCUT2D eigenvalue weighted by atomic mass is 19.3. The first kappa shape index (κ1) is 25.4. The second-order valence-electron chi connectivity index (χ2n) is 10.0. The van der Waals surface area contributed by atoms with Crippen LogP contribution < -0.4 is 16.4 Å². The second kappa shape index (κ2) is 8.81. The van der Waals surface area contributed by atoms with E-state index in [1.54, 1.807) is 9.47 Å². The highest BCUT2D eigenvalue weighted by Gasteiger charge is 2.64. The van der Waals surface area contributed by atoms with E-state index in [9.17, 15) is 27.1 Å². The minimum Gasteiger partial charge on any atom is -0.385 e. The summed E-state index contributed by atoms with van der Waals surface area (Å²) in [6, 6.07) is 1.69. The average Bonchev–Trinajstić information content (AvgIpc) is 3.38. The first-order valence-corrected chi connectivity index (χ1v) is 12.2. The van der Waals surface area contributed by atoms with E-state index < -0.39 is 47.5 Å². The van der Waals surface area contributed by atoms with Crippen molar-refractivity contribution in [2.24, 2.45) is 5.73 Å². The van der Waals surface area contributed by atoms with Gasteiger partial charge in [-0.15, -0.1) is 0 Å². The van der Waals surface area contributed by atoms with Crippen LogP contribution in [0.25, 0.3) is 22.4 Å². The molecule has 4 aromatic rings. The van der Waals surface area contributed by atoms with E-state index in [0.717, 1.165) is 0 Å². The Balaban J connectivity index is 1.49. The van der Waals surface area contributed by atoms with Crippen LogP contribution in [0, 0.1) is 17.5 Å². The number of hydrogen-bond donors (Lipinski definition) is 3. The number of aliphatic hydroxyl groups is 1. The fourth-order valence-electron chi connectivity index (χ4n) is 5.78. The highest BCUT2D eigenvalue weighted by molar-refractivity contribution is 5.81. The summed E-state index contributed by atoms with van der Waals surface area (Å²) < 4.78 is 73.2. The van der Waals surface area contributed by atoms with Crippen LogP contribution in [-0.2, 0) is 6.54 Å². The van der Waals surface area contributed by atoms with Gasteiger partial charge in [-0.2, -0.15) is 0 Å². The Morgan fingerprint density at radius 1 is 1.03 bits per heavy atom. The van der Waals surface area contributed by atoms with Crippen molar-refractivity contribution in [2.75, 3.05) is 17.2 Å². The van der Waals surface area contributed by atoms with Gasteiger partial charge in [-0.3, -0.25) is 4.98 Å². The Morgan fingerprint density at radius 3 is 2.59 bits per heavy atom. The van der Waals surface area contributed by atoms with Crippen molar-refractivity contribution in [1.29, 1.82) is 0 Å². The van der Waals surface area contributed by atoms with Crippen molar-refractivity contribution >= 4 is 22.7 Å². The molecule has 0 bridgehead atoms. The first-order valence-electron chi connectivity index (χ1n) is 12.2. The first-order chi connectivity index (χ1) is 18.5. The molecule has 14 heteroatoms. The third-order valence-electron chi connectivity index (χ3n) is 7.71. The Bertz CT molecular complexity index is 1600. The van der Waals surface area contributed by atoms with Gasteiger partial charge < -0.3 is 26.0 Å². The van der Waals surface area contributed by atoms with Crippen LogP contribution in [0.3, 0.4) is 0 Å². The fraction of sp³-hybridized carbons (Fsp3) is 0.360. The third kappa shape index (κ3) is 3.97. The monoisotopic (exact) mass is 546 g/mol. The number of anilines is 2. The predicted molar refractivity (Wildman–Crippen MR) is 131 cm³/mol. The Labute approximate surface area is 218 Å². The zero-order chi connectivity index (χ0) is 27.7. The lowest BCUT2D eigenvalue weighted by atomic mass is 9.82. The molecule has 9 nitrogen and oxygen atoms in total. The molecular weight excluding hydrogens is 523 g/mol. The fourth-order valence-corrected chi connectivity index (χ4v) is 5.78. The Hall–Kier alpha value is -3.91. The number of fused-ring (bicyclic) bond motifs is 2. The van der Waals surface area contributed by atoms with Gasteiger partial charge in [0.2, 0.25) is 0 Å². The molecule has 1 saturated heterocycles. The van der Waals surface area contributed by atoms with Crippen LogP contribution in [0.2, 0.25) is 0 Å². The van der Waals surface area contributed by atoms with Crippen LogP contribution in [0.4, 0.5) is 33.5 Å². The Kier molecular flexibility index (Phi) is 5.73. The maximum Gasteiger partial charge on any atom is 0.277 e. The molecule has 39 heavy (non-hydrogen) atoms. The van der Waals surface area contributed by atoms with Crippen LogP contribution in [0.5, 0.6) is 0 Å². The molecule has 5 N–H and O–H groups in total. The van der Waals surface area contributed by atoms with Crippen LogP contribution in [0.15, 0.2) is 37.1 Å². The summed E-state index contributed by atoms with van der Waals surface area (Å²) >= 11 is 0. The van der Waals surface area contributed by atoms with Crippen molar-refractivity contribution in [2.45, 2.75) is 49.4 Å². The van der Waals surface area contributed by atoms with E-state index in [0.29, 0.717) is 47.5 Å². The van der Waals surface area contributed by atoms with E-state index in [1.165, 1.54) is 24.9 Å². The van der Waals surface area contributed by atoms with Gasteiger partial charge in [-0.25, -0.2) is 36.9 Å². The molecule has 4 heterocycles. The molecule has 3 atom stereocenters. The van der Waals surface area contributed by atoms with Gasteiger partial charge in [0, 0.05) is 24.6 Å². The second-order valence-corrected chi connectivity index (χ2v) is 10.0. The van der Waals surface area contributed by atoms with Crippen LogP contribution in [-0.4, -0.2) is 59.8 Å². The highest BCUT2D eigenvalue weighted by Crippen LogP contribution is 2.49. The normalized spacial score (nSPS) is 24.3. The number of hydrogen-bond acceptors (Lipinski definition) is 8. The summed E-state index contributed by atoms with van der Waals surface area (Å²) in [4.78, 5) is 18.4. The number of imidazole rings is 1. The molecule has 6 rings (SSSR count). The topological polar surface area (TPSA) is 132 Å². The van der Waals surface area contributed by atoms with Crippen molar-refractivity contribution in [3.8, 4) is 11.3 Å². The van der Waals surface area contributed by atoms with Crippen LogP contribution >= 0.6 is 0 Å². The van der Waals surface area contributed by atoms with E-state index in [-0.39, 0.29) is 30.0 Å². The van der Waals surface area contributed by atoms with Gasteiger partial charge in [-0.05, 0) is 30.5 Å². The maximum absolute atomic E-state index is 14.7. The molecular formula is C25H23F5N8O. The number of benzene rings is 1. The number of nitrogens with zero attached hydrogens (tertiary/aromatic N) is 6. The number of aromatic nitrogens is 5. The molecule has 1 aliphatic carbocycles. The van der Waals surface area contributed by atoms with E-state index in [1.807, 2.05) is 0 Å². The minimum absolute atomic E-state index is 0.00322. The number of halogens is 5. The molecule has 204 valence electrons. The quantitative estimate of drug-likeness (QED) is 0.263.